The monoisotopic (exact) mass is 271 g/mol. The van der Waals surface area contributed by atoms with E-state index >= 15 is 0 Å². The molecule has 106 valence electrons. The third-order valence-corrected chi connectivity index (χ3v) is 3.93. The van der Waals surface area contributed by atoms with E-state index in [2.05, 4.69) is 52.3 Å². The third-order valence-electron chi connectivity index (χ3n) is 3.93. The highest BCUT2D eigenvalue weighted by Gasteiger charge is 2.28. The van der Waals surface area contributed by atoms with E-state index in [1.807, 2.05) is 0 Å². The van der Waals surface area contributed by atoms with Crippen molar-refractivity contribution in [1.29, 1.82) is 0 Å². The number of piperidine rings is 1. The van der Waals surface area contributed by atoms with E-state index in [0.717, 1.165) is 37.6 Å². The van der Waals surface area contributed by atoms with Gasteiger partial charge in [0.15, 0.2) is 5.82 Å². The summed E-state index contributed by atoms with van der Waals surface area (Å²) in [6.45, 7) is 4.11. The Morgan fingerprint density at radius 3 is 2.85 bits per heavy atom. The van der Waals surface area contributed by atoms with Gasteiger partial charge in [0.05, 0.1) is 6.04 Å². The number of benzene rings is 1. The molecule has 1 aromatic heterocycles. The van der Waals surface area contributed by atoms with Crippen LogP contribution in [0.1, 0.15) is 49.5 Å². The lowest BCUT2D eigenvalue weighted by molar-refractivity contribution is 0.111. The van der Waals surface area contributed by atoms with E-state index in [4.69, 9.17) is 4.52 Å². The molecule has 0 aliphatic carbocycles. The Morgan fingerprint density at radius 1 is 1.25 bits per heavy atom. The highest BCUT2D eigenvalue weighted by atomic mass is 16.5. The van der Waals surface area contributed by atoms with Crippen molar-refractivity contribution >= 4 is 0 Å². The second-order valence-corrected chi connectivity index (χ2v) is 5.37. The standard InChI is InChI=1S/C16H21N3O/c1-2-15-17-16(20-18-15)14-10-6-7-11-19(14)12-13-8-4-3-5-9-13/h3-5,8-9,14H,2,6-7,10-12H2,1H3/t14-/m1/s1. The first-order chi connectivity index (χ1) is 9.86. The number of aromatic nitrogens is 2. The van der Waals surface area contributed by atoms with Crippen LogP contribution in [0.2, 0.25) is 0 Å². The van der Waals surface area contributed by atoms with Crippen LogP contribution in [0.25, 0.3) is 0 Å². The van der Waals surface area contributed by atoms with Gasteiger partial charge in [-0.1, -0.05) is 48.8 Å². The maximum absolute atomic E-state index is 5.46. The molecule has 4 heteroatoms. The molecule has 1 aliphatic heterocycles. The second-order valence-electron chi connectivity index (χ2n) is 5.37. The van der Waals surface area contributed by atoms with Gasteiger partial charge < -0.3 is 4.52 Å². The quantitative estimate of drug-likeness (QED) is 0.855. The predicted molar refractivity (Wildman–Crippen MR) is 77.1 cm³/mol. The molecule has 1 saturated heterocycles. The molecule has 0 radical (unpaired) electrons. The van der Waals surface area contributed by atoms with E-state index in [1.54, 1.807) is 0 Å². The van der Waals surface area contributed by atoms with Crippen molar-refractivity contribution in [2.45, 2.75) is 45.2 Å². The van der Waals surface area contributed by atoms with Gasteiger partial charge in [-0.05, 0) is 24.9 Å². The van der Waals surface area contributed by atoms with E-state index in [1.165, 1.54) is 18.4 Å². The van der Waals surface area contributed by atoms with Gasteiger partial charge in [0.1, 0.15) is 0 Å². The topological polar surface area (TPSA) is 42.2 Å². The van der Waals surface area contributed by atoms with Crippen molar-refractivity contribution in [2.75, 3.05) is 6.54 Å². The van der Waals surface area contributed by atoms with Crippen LogP contribution in [0.15, 0.2) is 34.9 Å². The van der Waals surface area contributed by atoms with Crippen molar-refractivity contribution in [3.63, 3.8) is 0 Å². The van der Waals surface area contributed by atoms with Crippen molar-refractivity contribution in [1.82, 2.24) is 15.0 Å². The largest absolute Gasteiger partial charge is 0.338 e. The fraction of sp³-hybridized carbons (Fsp3) is 0.500. The van der Waals surface area contributed by atoms with E-state index in [9.17, 15) is 0 Å². The fourth-order valence-corrected chi connectivity index (χ4v) is 2.82. The van der Waals surface area contributed by atoms with E-state index in [0.29, 0.717) is 0 Å². The number of rotatable bonds is 4. The molecule has 3 rings (SSSR count). The van der Waals surface area contributed by atoms with E-state index < -0.39 is 0 Å². The lowest BCUT2D eigenvalue weighted by Crippen LogP contribution is -2.33. The Morgan fingerprint density at radius 2 is 2.10 bits per heavy atom. The Bertz CT molecular complexity index is 538. The Balaban J connectivity index is 1.76. The van der Waals surface area contributed by atoms with Crippen LogP contribution in [-0.4, -0.2) is 21.6 Å². The van der Waals surface area contributed by atoms with Gasteiger partial charge in [-0.2, -0.15) is 4.98 Å². The van der Waals surface area contributed by atoms with Crippen LogP contribution in [0.3, 0.4) is 0 Å². The molecular weight excluding hydrogens is 250 g/mol. The average molecular weight is 271 g/mol. The van der Waals surface area contributed by atoms with Gasteiger partial charge in [-0.25, -0.2) is 0 Å². The summed E-state index contributed by atoms with van der Waals surface area (Å²) in [6, 6.07) is 10.9. The molecule has 0 unspecified atom stereocenters. The van der Waals surface area contributed by atoms with Crippen molar-refractivity contribution in [3.8, 4) is 0 Å². The van der Waals surface area contributed by atoms with Crippen LogP contribution in [0, 0.1) is 0 Å². The Kier molecular flexibility index (Phi) is 4.11. The van der Waals surface area contributed by atoms with Gasteiger partial charge in [0, 0.05) is 13.0 Å². The first kappa shape index (κ1) is 13.3. The molecule has 2 aromatic rings. The Hall–Kier alpha value is -1.68. The Labute approximate surface area is 119 Å². The minimum Gasteiger partial charge on any atom is -0.338 e. The first-order valence-corrected chi connectivity index (χ1v) is 7.47. The molecule has 20 heavy (non-hydrogen) atoms. The number of hydrogen-bond donors (Lipinski definition) is 0. The summed E-state index contributed by atoms with van der Waals surface area (Å²) < 4.78 is 5.46. The van der Waals surface area contributed by atoms with Crippen LogP contribution in [-0.2, 0) is 13.0 Å². The lowest BCUT2D eigenvalue weighted by atomic mass is 10.0. The van der Waals surface area contributed by atoms with Gasteiger partial charge >= 0.3 is 0 Å². The zero-order valence-corrected chi connectivity index (χ0v) is 12.0. The number of likely N-dealkylation sites (tertiary alicyclic amines) is 1. The van der Waals surface area contributed by atoms with Crippen LogP contribution >= 0.6 is 0 Å². The van der Waals surface area contributed by atoms with Crippen LogP contribution < -0.4 is 0 Å². The normalized spacial score (nSPS) is 20.1. The fourth-order valence-electron chi connectivity index (χ4n) is 2.82. The molecule has 4 nitrogen and oxygen atoms in total. The number of aryl methyl sites for hydroxylation is 1. The lowest BCUT2D eigenvalue weighted by Gasteiger charge is -2.33. The number of hydrogen-bond acceptors (Lipinski definition) is 4. The highest BCUT2D eigenvalue weighted by Crippen LogP contribution is 2.31. The molecule has 0 saturated carbocycles. The molecule has 0 spiro atoms. The molecule has 0 N–H and O–H groups in total. The molecule has 0 bridgehead atoms. The van der Waals surface area contributed by atoms with Crippen LogP contribution in [0.5, 0.6) is 0 Å². The molecule has 2 heterocycles. The van der Waals surface area contributed by atoms with Crippen molar-refractivity contribution in [3.05, 3.63) is 47.6 Å². The van der Waals surface area contributed by atoms with Crippen molar-refractivity contribution in [2.24, 2.45) is 0 Å². The first-order valence-electron chi connectivity index (χ1n) is 7.47. The maximum atomic E-state index is 5.46. The third kappa shape index (κ3) is 2.90. The van der Waals surface area contributed by atoms with Gasteiger partial charge in [-0.3, -0.25) is 4.90 Å². The highest BCUT2D eigenvalue weighted by molar-refractivity contribution is 5.15. The summed E-state index contributed by atoms with van der Waals surface area (Å²) >= 11 is 0. The summed E-state index contributed by atoms with van der Waals surface area (Å²) in [6.07, 6.45) is 4.42. The molecule has 1 atom stereocenters. The zero-order valence-electron chi connectivity index (χ0n) is 12.0. The van der Waals surface area contributed by atoms with Crippen LogP contribution in [0.4, 0.5) is 0 Å². The number of nitrogens with zero attached hydrogens (tertiary/aromatic N) is 3. The summed E-state index contributed by atoms with van der Waals surface area (Å²) in [5.74, 6) is 1.60. The maximum Gasteiger partial charge on any atom is 0.244 e. The van der Waals surface area contributed by atoms with Gasteiger partial charge in [0.25, 0.3) is 0 Å². The summed E-state index contributed by atoms with van der Waals surface area (Å²) in [4.78, 5) is 6.99. The smallest absolute Gasteiger partial charge is 0.244 e. The molecule has 1 aliphatic rings. The van der Waals surface area contributed by atoms with Gasteiger partial charge in [0.2, 0.25) is 5.89 Å². The summed E-state index contributed by atoms with van der Waals surface area (Å²) in [5.41, 5.74) is 1.34. The molecule has 1 fully saturated rings. The predicted octanol–water partition coefficient (Wildman–Crippen LogP) is 3.36. The minimum absolute atomic E-state index is 0.275. The summed E-state index contributed by atoms with van der Waals surface area (Å²) in [7, 11) is 0. The SMILES string of the molecule is CCc1noc([C@H]2CCCCN2Cc2ccccc2)n1. The minimum atomic E-state index is 0.275. The van der Waals surface area contributed by atoms with E-state index in [-0.39, 0.29) is 6.04 Å². The van der Waals surface area contributed by atoms with Gasteiger partial charge in [-0.15, -0.1) is 0 Å². The second kappa shape index (κ2) is 6.18. The van der Waals surface area contributed by atoms with Crippen molar-refractivity contribution < 1.29 is 4.52 Å². The molecular formula is C16H21N3O. The zero-order chi connectivity index (χ0) is 13.8. The summed E-state index contributed by atoms with van der Waals surface area (Å²) in [5, 5.41) is 4.04. The molecule has 1 aromatic carbocycles. The molecule has 0 amide bonds. The average Bonchev–Trinajstić information content (AvgIpc) is 2.98.